The summed E-state index contributed by atoms with van der Waals surface area (Å²) in [5, 5.41) is 13.7. The van der Waals surface area contributed by atoms with Crippen LogP contribution in [0.3, 0.4) is 0 Å². The van der Waals surface area contributed by atoms with E-state index in [0.29, 0.717) is 12.6 Å². The predicted octanol–water partition coefficient (Wildman–Crippen LogP) is 1.72. The number of aromatic nitrogens is 2. The fourth-order valence-corrected chi connectivity index (χ4v) is 2.84. The number of piperidine rings is 1. The summed E-state index contributed by atoms with van der Waals surface area (Å²) in [7, 11) is 2.03. The van der Waals surface area contributed by atoms with Crippen LogP contribution in [0.25, 0.3) is 0 Å². The highest BCUT2D eigenvalue weighted by Gasteiger charge is 2.22. The highest BCUT2D eigenvalue weighted by Crippen LogP contribution is 2.21. The molecule has 2 heterocycles. The summed E-state index contributed by atoms with van der Waals surface area (Å²) in [6.07, 6.45) is 5.69. The van der Waals surface area contributed by atoms with Crippen molar-refractivity contribution < 1.29 is 5.11 Å². The van der Waals surface area contributed by atoms with Gasteiger partial charge in [-0.2, -0.15) is 5.10 Å². The van der Waals surface area contributed by atoms with Crippen LogP contribution in [0.1, 0.15) is 44.0 Å². The summed E-state index contributed by atoms with van der Waals surface area (Å²) >= 11 is 0. The van der Waals surface area contributed by atoms with Gasteiger partial charge in [0.25, 0.3) is 0 Å². The molecule has 1 fully saturated rings. The molecule has 1 unspecified atom stereocenters. The first-order chi connectivity index (χ1) is 8.74. The maximum absolute atomic E-state index is 9.15. The smallest absolute Gasteiger partial charge is 0.0625 e. The van der Waals surface area contributed by atoms with Crippen molar-refractivity contribution in [2.24, 2.45) is 7.05 Å². The molecule has 4 heteroatoms. The third-order valence-corrected chi connectivity index (χ3v) is 3.97. The Morgan fingerprint density at radius 1 is 1.44 bits per heavy atom. The number of nitrogens with zero attached hydrogens (tertiary/aromatic N) is 3. The van der Waals surface area contributed by atoms with Crippen molar-refractivity contribution in [1.29, 1.82) is 0 Å². The van der Waals surface area contributed by atoms with E-state index in [4.69, 9.17) is 5.11 Å². The first-order valence-electron chi connectivity index (χ1n) is 7.11. The average molecular weight is 251 g/mol. The lowest BCUT2D eigenvalue weighted by atomic mass is 9.99. The zero-order chi connectivity index (χ0) is 13.0. The third kappa shape index (κ3) is 3.12. The molecule has 1 aromatic rings. The lowest BCUT2D eigenvalue weighted by Gasteiger charge is -2.35. The molecule has 1 aromatic heterocycles. The number of hydrogen-bond donors (Lipinski definition) is 1. The third-order valence-electron chi connectivity index (χ3n) is 3.97. The van der Waals surface area contributed by atoms with E-state index in [-0.39, 0.29) is 0 Å². The molecule has 0 aliphatic carbocycles. The van der Waals surface area contributed by atoms with E-state index in [0.717, 1.165) is 25.9 Å². The van der Waals surface area contributed by atoms with Crippen molar-refractivity contribution in [3.05, 3.63) is 17.5 Å². The molecule has 2 rings (SSSR count). The molecule has 0 aromatic carbocycles. The molecular formula is C14H25N3O. The van der Waals surface area contributed by atoms with Gasteiger partial charge in [0, 0.05) is 26.2 Å². The van der Waals surface area contributed by atoms with E-state index in [1.807, 2.05) is 11.7 Å². The highest BCUT2D eigenvalue weighted by atomic mass is 16.3. The number of rotatable bonds is 5. The van der Waals surface area contributed by atoms with Crippen LogP contribution in [-0.4, -0.2) is 39.0 Å². The van der Waals surface area contributed by atoms with Crippen LogP contribution in [0.5, 0.6) is 0 Å². The molecule has 18 heavy (non-hydrogen) atoms. The summed E-state index contributed by atoms with van der Waals surface area (Å²) in [5.74, 6) is 0. The molecule has 1 saturated heterocycles. The first kappa shape index (κ1) is 13.6. The molecule has 0 saturated carbocycles. The van der Waals surface area contributed by atoms with Gasteiger partial charge in [0.1, 0.15) is 0 Å². The van der Waals surface area contributed by atoms with Gasteiger partial charge in [0.2, 0.25) is 0 Å². The Kier molecular flexibility index (Phi) is 4.78. The number of hydrogen-bond acceptors (Lipinski definition) is 3. The minimum Gasteiger partial charge on any atom is -0.396 e. The minimum atomic E-state index is 0.298. The molecule has 1 aliphatic heterocycles. The average Bonchev–Trinajstić information content (AvgIpc) is 2.73. The summed E-state index contributed by atoms with van der Waals surface area (Å²) in [6.45, 7) is 4.56. The number of aryl methyl sites for hydroxylation is 2. The SMILES string of the molecule is CCc1cc(CN2CCCCC2CCO)n(C)n1. The van der Waals surface area contributed by atoms with Crippen LogP contribution in [0.15, 0.2) is 6.07 Å². The Bertz CT molecular complexity index is 373. The first-order valence-corrected chi connectivity index (χ1v) is 7.11. The molecule has 0 bridgehead atoms. The van der Waals surface area contributed by atoms with Crippen LogP contribution >= 0.6 is 0 Å². The lowest BCUT2D eigenvalue weighted by Crippen LogP contribution is -2.39. The normalized spacial score (nSPS) is 21.4. The van der Waals surface area contributed by atoms with E-state index < -0.39 is 0 Å². The molecular weight excluding hydrogens is 226 g/mol. The summed E-state index contributed by atoms with van der Waals surface area (Å²) in [5.41, 5.74) is 2.46. The maximum atomic E-state index is 9.15. The van der Waals surface area contributed by atoms with Crippen LogP contribution in [0.4, 0.5) is 0 Å². The van der Waals surface area contributed by atoms with E-state index >= 15 is 0 Å². The number of aliphatic hydroxyl groups is 1. The van der Waals surface area contributed by atoms with Crippen LogP contribution in [0.2, 0.25) is 0 Å². The fraction of sp³-hybridized carbons (Fsp3) is 0.786. The van der Waals surface area contributed by atoms with Gasteiger partial charge in [-0.15, -0.1) is 0 Å². The molecule has 0 amide bonds. The van der Waals surface area contributed by atoms with Crippen molar-refractivity contribution in [3.63, 3.8) is 0 Å². The van der Waals surface area contributed by atoms with E-state index in [2.05, 4.69) is 23.0 Å². The predicted molar refractivity (Wildman–Crippen MR) is 72.3 cm³/mol. The maximum Gasteiger partial charge on any atom is 0.0625 e. The highest BCUT2D eigenvalue weighted by molar-refractivity contribution is 5.10. The Balaban J connectivity index is 2.03. The van der Waals surface area contributed by atoms with Gasteiger partial charge >= 0.3 is 0 Å². The summed E-state index contributed by atoms with van der Waals surface area (Å²) in [4.78, 5) is 2.51. The van der Waals surface area contributed by atoms with Crippen LogP contribution in [0, 0.1) is 0 Å². The molecule has 0 radical (unpaired) electrons. The van der Waals surface area contributed by atoms with Crippen molar-refractivity contribution in [1.82, 2.24) is 14.7 Å². The van der Waals surface area contributed by atoms with E-state index in [1.54, 1.807) is 0 Å². The molecule has 4 nitrogen and oxygen atoms in total. The second kappa shape index (κ2) is 6.34. The Morgan fingerprint density at radius 2 is 2.28 bits per heavy atom. The zero-order valence-corrected chi connectivity index (χ0v) is 11.6. The second-order valence-corrected chi connectivity index (χ2v) is 5.24. The molecule has 102 valence electrons. The zero-order valence-electron chi connectivity index (χ0n) is 11.6. The lowest BCUT2D eigenvalue weighted by molar-refractivity contribution is 0.110. The van der Waals surface area contributed by atoms with Gasteiger partial charge in [-0.25, -0.2) is 0 Å². The molecule has 1 N–H and O–H groups in total. The number of aliphatic hydroxyl groups excluding tert-OH is 1. The summed E-state index contributed by atoms with van der Waals surface area (Å²) < 4.78 is 2.00. The quantitative estimate of drug-likeness (QED) is 0.866. The van der Waals surface area contributed by atoms with Gasteiger partial charge in [0.05, 0.1) is 11.4 Å². The topological polar surface area (TPSA) is 41.3 Å². The Hall–Kier alpha value is -0.870. The minimum absolute atomic E-state index is 0.298. The fourth-order valence-electron chi connectivity index (χ4n) is 2.84. The Labute approximate surface area is 110 Å². The standard InChI is InChI=1S/C14H25N3O/c1-3-12-10-14(16(2)15-12)11-17-8-5-4-6-13(17)7-9-18/h10,13,18H,3-9,11H2,1-2H3. The van der Waals surface area contributed by atoms with E-state index in [9.17, 15) is 0 Å². The van der Waals surface area contributed by atoms with Crippen molar-refractivity contribution in [3.8, 4) is 0 Å². The van der Waals surface area contributed by atoms with Crippen LogP contribution < -0.4 is 0 Å². The van der Waals surface area contributed by atoms with Gasteiger partial charge in [-0.05, 0) is 38.3 Å². The molecule has 0 spiro atoms. The van der Waals surface area contributed by atoms with Gasteiger partial charge in [-0.3, -0.25) is 9.58 Å². The van der Waals surface area contributed by atoms with Crippen molar-refractivity contribution >= 4 is 0 Å². The second-order valence-electron chi connectivity index (χ2n) is 5.24. The number of likely N-dealkylation sites (tertiary alicyclic amines) is 1. The van der Waals surface area contributed by atoms with Gasteiger partial charge in [-0.1, -0.05) is 13.3 Å². The molecule has 1 atom stereocenters. The molecule has 1 aliphatic rings. The Morgan fingerprint density at radius 3 is 2.94 bits per heavy atom. The van der Waals surface area contributed by atoms with Gasteiger partial charge < -0.3 is 5.11 Å². The van der Waals surface area contributed by atoms with Crippen molar-refractivity contribution in [2.75, 3.05) is 13.2 Å². The largest absolute Gasteiger partial charge is 0.396 e. The van der Waals surface area contributed by atoms with Crippen molar-refractivity contribution in [2.45, 2.75) is 51.6 Å². The van der Waals surface area contributed by atoms with E-state index in [1.165, 1.54) is 30.7 Å². The summed E-state index contributed by atoms with van der Waals surface area (Å²) in [6, 6.07) is 2.76. The van der Waals surface area contributed by atoms with Crippen LogP contribution in [-0.2, 0) is 20.0 Å². The van der Waals surface area contributed by atoms with Gasteiger partial charge in [0.15, 0.2) is 0 Å². The monoisotopic (exact) mass is 251 g/mol.